The molecule has 0 bridgehead atoms. The number of aromatic nitrogens is 3. The summed E-state index contributed by atoms with van der Waals surface area (Å²) in [5.74, 6) is 0.528. The molecule has 0 atom stereocenters. The molecule has 0 aliphatic heterocycles. The van der Waals surface area contributed by atoms with E-state index in [1.165, 1.54) is 11.3 Å². The van der Waals surface area contributed by atoms with Gasteiger partial charge in [0.05, 0.1) is 12.4 Å². The zero-order valence-corrected chi connectivity index (χ0v) is 9.41. The summed E-state index contributed by atoms with van der Waals surface area (Å²) in [6.07, 6.45) is 3.40. The van der Waals surface area contributed by atoms with Gasteiger partial charge in [-0.25, -0.2) is 15.0 Å². The molecule has 2 aromatic rings. The first-order chi connectivity index (χ1) is 6.25. The monoisotopic (exact) mass is 304 g/mol. The molecule has 0 saturated carbocycles. The van der Waals surface area contributed by atoms with E-state index in [9.17, 15) is 0 Å². The maximum atomic E-state index is 5.50. The lowest BCUT2D eigenvalue weighted by atomic mass is 10.5. The van der Waals surface area contributed by atoms with E-state index >= 15 is 0 Å². The van der Waals surface area contributed by atoms with Gasteiger partial charge in [-0.15, -0.1) is 11.3 Å². The predicted octanol–water partition coefficient (Wildman–Crippen LogP) is 1.79. The van der Waals surface area contributed by atoms with Crippen LogP contribution >= 0.6 is 33.9 Å². The van der Waals surface area contributed by atoms with Crippen molar-refractivity contribution in [2.75, 3.05) is 5.73 Å². The maximum Gasteiger partial charge on any atom is 0.145 e. The Balaban J connectivity index is 2.41. The highest BCUT2D eigenvalue weighted by Gasteiger charge is 2.03. The topological polar surface area (TPSA) is 64.7 Å². The first-order valence-electron chi connectivity index (χ1n) is 3.44. The first kappa shape index (κ1) is 8.82. The molecular weight excluding hydrogens is 299 g/mol. The highest BCUT2D eigenvalue weighted by atomic mass is 127. The highest BCUT2D eigenvalue weighted by Crippen LogP contribution is 2.21. The van der Waals surface area contributed by atoms with Crippen molar-refractivity contribution in [2.24, 2.45) is 0 Å². The largest absolute Gasteiger partial charge is 0.383 e. The Bertz CT molecular complexity index is 411. The van der Waals surface area contributed by atoms with Gasteiger partial charge in [-0.1, -0.05) is 0 Å². The van der Waals surface area contributed by atoms with Crippen molar-refractivity contribution in [3.8, 4) is 10.7 Å². The molecule has 0 unspecified atom stereocenters. The summed E-state index contributed by atoms with van der Waals surface area (Å²) >= 11 is 3.57. The smallest absolute Gasteiger partial charge is 0.145 e. The Labute approximate surface area is 92.4 Å². The summed E-state index contributed by atoms with van der Waals surface area (Å²) in [5.41, 5.74) is 6.26. The summed E-state index contributed by atoms with van der Waals surface area (Å²) < 4.78 is 0.867. The van der Waals surface area contributed by atoms with Crippen molar-refractivity contribution in [3.63, 3.8) is 0 Å². The van der Waals surface area contributed by atoms with Crippen LogP contribution in [0.2, 0.25) is 0 Å². The maximum absolute atomic E-state index is 5.50. The van der Waals surface area contributed by atoms with Crippen molar-refractivity contribution < 1.29 is 0 Å². The molecule has 0 amide bonds. The third-order valence-electron chi connectivity index (χ3n) is 1.36. The van der Waals surface area contributed by atoms with Crippen LogP contribution in [0.3, 0.4) is 0 Å². The quantitative estimate of drug-likeness (QED) is 0.816. The average Bonchev–Trinajstić information content (AvgIpc) is 2.53. The molecule has 2 N–H and O–H groups in total. The van der Waals surface area contributed by atoms with E-state index in [0.29, 0.717) is 5.82 Å². The van der Waals surface area contributed by atoms with Crippen molar-refractivity contribution in [3.05, 3.63) is 21.5 Å². The molecule has 2 rings (SSSR count). The Kier molecular flexibility index (Phi) is 2.40. The number of nitrogens with zero attached hydrogens (tertiary/aromatic N) is 3. The molecule has 2 aromatic heterocycles. The van der Waals surface area contributed by atoms with E-state index in [1.54, 1.807) is 17.8 Å². The Morgan fingerprint density at radius 3 is 2.69 bits per heavy atom. The van der Waals surface area contributed by atoms with Crippen molar-refractivity contribution in [1.29, 1.82) is 0 Å². The first-order valence-corrected chi connectivity index (χ1v) is 5.40. The minimum Gasteiger partial charge on any atom is -0.383 e. The van der Waals surface area contributed by atoms with E-state index in [2.05, 4.69) is 37.5 Å². The van der Waals surface area contributed by atoms with E-state index in [4.69, 9.17) is 5.73 Å². The number of rotatable bonds is 1. The molecule has 0 aromatic carbocycles. The van der Waals surface area contributed by atoms with E-state index < -0.39 is 0 Å². The lowest BCUT2D eigenvalue weighted by molar-refractivity contribution is 1.16. The standard InChI is InChI=1S/C7H5IN4S/c8-5-2-10-4(1-11-5)7-12-6(9)3-13-7/h1-3H,9H2. The summed E-state index contributed by atoms with van der Waals surface area (Å²) in [5, 5.41) is 2.59. The second-order valence-corrected chi connectivity index (χ2v) is 4.27. The Hall–Kier alpha value is -0.760. The summed E-state index contributed by atoms with van der Waals surface area (Å²) in [6, 6.07) is 0. The molecule has 0 saturated heterocycles. The normalized spacial score (nSPS) is 10.2. The number of halogens is 1. The fourth-order valence-electron chi connectivity index (χ4n) is 0.827. The van der Waals surface area contributed by atoms with Crippen LogP contribution in [0.25, 0.3) is 10.7 Å². The third kappa shape index (κ3) is 1.94. The molecule has 13 heavy (non-hydrogen) atoms. The molecule has 6 heteroatoms. The van der Waals surface area contributed by atoms with Crippen LogP contribution in [0.4, 0.5) is 5.82 Å². The van der Waals surface area contributed by atoms with Gasteiger partial charge in [0.2, 0.25) is 0 Å². The number of anilines is 1. The van der Waals surface area contributed by atoms with Crippen LogP contribution in [-0.2, 0) is 0 Å². The Morgan fingerprint density at radius 1 is 1.31 bits per heavy atom. The van der Waals surface area contributed by atoms with Crippen LogP contribution in [0.15, 0.2) is 17.8 Å². The second kappa shape index (κ2) is 3.54. The molecule has 2 heterocycles. The minimum atomic E-state index is 0.528. The minimum absolute atomic E-state index is 0.528. The molecule has 0 spiro atoms. The number of nitrogens with two attached hydrogens (primary N) is 1. The van der Waals surface area contributed by atoms with Crippen LogP contribution in [0, 0.1) is 3.70 Å². The fraction of sp³-hybridized carbons (Fsp3) is 0. The summed E-state index contributed by atoms with van der Waals surface area (Å²) in [4.78, 5) is 12.4. The molecule has 4 nitrogen and oxygen atoms in total. The van der Waals surface area contributed by atoms with Crippen LogP contribution in [0.1, 0.15) is 0 Å². The molecule has 0 aliphatic rings. The average molecular weight is 304 g/mol. The molecule has 0 aliphatic carbocycles. The van der Waals surface area contributed by atoms with E-state index in [0.717, 1.165) is 14.4 Å². The van der Waals surface area contributed by atoms with Gasteiger partial charge in [-0.05, 0) is 22.6 Å². The van der Waals surface area contributed by atoms with Gasteiger partial charge in [0.15, 0.2) is 0 Å². The van der Waals surface area contributed by atoms with Gasteiger partial charge >= 0.3 is 0 Å². The van der Waals surface area contributed by atoms with Gasteiger partial charge in [0.1, 0.15) is 20.2 Å². The van der Waals surface area contributed by atoms with Crippen molar-refractivity contribution in [2.45, 2.75) is 0 Å². The van der Waals surface area contributed by atoms with Crippen molar-refractivity contribution in [1.82, 2.24) is 15.0 Å². The Morgan fingerprint density at radius 2 is 2.15 bits per heavy atom. The zero-order chi connectivity index (χ0) is 9.26. The van der Waals surface area contributed by atoms with Crippen LogP contribution in [-0.4, -0.2) is 15.0 Å². The molecular formula is C7H5IN4S. The molecule has 0 radical (unpaired) electrons. The number of nitrogen functional groups attached to an aromatic ring is 1. The zero-order valence-electron chi connectivity index (χ0n) is 6.44. The SMILES string of the molecule is Nc1csc(-c2cnc(I)cn2)n1. The number of thiazole rings is 1. The molecule has 66 valence electrons. The van der Waals surface area contributed by atoms with Crippen molar-refractivity contribution >= 4 is 39.7 Å². The van der Waals surface area contributed by atoms with Gasteiger partial charge in [0.25, 0.3) is 0 Å². The lowest BCUT2D eigenvalue weighted by Crippen LogP contribution is -1.88. The van der Waals surface area contributed by atoms with Crippen LogP contribution in [0.5, 0.6) is 0 Å². The fourth-order valence-corrected chi connectivity index (χ4v) is 1.77. The van der Waals surface area contributed by atoms with E-state index in [-0.39, 0.29) is 0 Å². The summed E-state index contributed by atoms with van der Waals surface area (Å²) in [7, 11) is 0. The van der Waals surface area contributed by atoms with Crippen LogP contribution < -0.4 is 5.73 Å². The van der Waals surface area contributed by atoms with E-state index in [1.807, 2.05) is 0 Å². The predicted molar refractivity (Wildman–Crippen MR) is 60.3 cm³/mol. The molecule has 0 fully saturated rings. The highest BCUT2D eigenvalue weighted by molar-refractivity contribution is 14.1. The summed E-state index contributed by atoms with van der Waals surface area (Å²) in [6.45, 7) is 0. The second-order valence-electron chi connectivity index (χ2n) is 2.30. The third-order valence-corrected chi connectivity index (χ3v) is 2.80. The lowest BCUT2D eigenvalue weighted by Gasteiger charge is -1.93. The van der Waals surface area contributed by atoms with Gasteiger partial charge < -0.3 is 5.73 Å². The van der Waals surface area contributed by atoms with Gasteiger partial charge in [-0.3, -0.25) is 0 Å². The number of hydrogen-bond donors (Lipinski definition) is 1. The van der Waals surface area contributed by atoms with Gasteiger partial charge in [0, 0.05) is 5.38 Å². The van der Waals surface area contributed by atoms with Gasteiger partial charge in [-0.2, -0.15) is 0 Å². The number of hydrogen-bond acceptors (Lipinski definition) is 5.